The average molecular weight is 331 g/mol. The number of rotatable bonds is 3. The smallest absolute Gasteiger partial charge is 0.189 e. The Morgan fingerprint density at radius 2 is 1.96 bits per heavy atom. The van der Waals surface area contributed by atoms with Gasteiger partial charge in [0.2, 0.25) is 0 Å². The fraction of sp³-hybridized carbons (Fsp3) is 0.188. The molecule has 2 aromatic rings. The van der Waals surface area contributed by atoms with Crippen molar-refractivity contribution in [2.45, 2.75) is 19.7 Å². The molecule has 6 nitrogen and oxygen atoms in total. The molecule has 1 saturated heterocycles. The molecule has 0 radical (unpaired) electrons. The third-order valence-electron chi connectivity index (χ3n) is 3.82. The molecule has 1 fully saturated rings. The summed E-state index contributed by atoms with van der Waals surface area (Å²) in [5.74, 6) is -0.0419. The van der Waals surface area contributed by atoms with Crippen LogP contribution in [0.5, 0.6) is 11.5 Å². The predicted octanol–water partition coefficient (Wildman–Crippen LogP) is 1.80. The molecule has 7 heteroatoms. The highest BCUT2D eigenvalue weighted by atomic mass is 32.1. The van der Waals surface area contributed by atoms with Gasteiger partial charge in [0.25, 0.3) is 0 Å². The van der Waals surface area contributed by atoms with Crippen LogP contribution in [0.1, 0.15) is 22.9 Å². The number of hydrogen-bond acceptors (Lipinski definition) is 5. The van der Waals surface area contributed by atoms with E-state index in [4.69, 9.17) is 12.2 Å². The predicted molar refractivity (Wildman–Crippen MR) is 91.0 cm³/mol. The second-order valence-corrected chi connectivity index (χ2v) is 5.76. The maximum Gasteiger partial charge on any atom is 0.189 e. The molecule has 1 atom stereocenters. The van der Waals surface area contributed by atoms with Crippen LogP contribution in [-0.2, 0) is 6.61 Å². The number of hydrazine groups is 1. The first-order valence-corrected chi connectivity index (χ1v) is 7.49. The minimum Gasteiger partial charge on any atom is -0.508 e. The van der Waals surface area contributed by atoms with Crippen molar-refractivity contribution in [2.75, 3.05) is 4.90 Å². The van der Waals surface area contributed by atoms with E-state index in [2.05, 4.69) is 10.9 Å². The fourth-order valence-electron chi connectivity index (χ4n) is 2.61. The van der Waals surface area contributed by atoms with E-state index in [0.29, 0.717) is 10.7 Å². The summed E-state index contributed by atoms with van der Waals surface area (Å²) in [6.45, 7) is 1.88. The SMILES string of the molecule is Cc1ccc(CO)cc1N1C(=S)NNC1c1ccc(O)cc1O. The number of anilines is 1. The largest absolute Gasteiger partial charge is 0.508 e. The monoisotopic (exact) mass is 331 g/mol. The van der Waals surface area contributed by atoms with Crippen molar-refractivity contribution in [1.29, 1.82) is 0 Å². The molecule has 3 rings (SSSR count). The van der Waals surface area contributed by atoms with E-state index < -0.39 is 6.17 Å². The van der Waals surface area contributed by atoms with Crippen LogP contribution in [0.15, 0.2) is 36.4 Å². The highest BCUT2D eigenvalue weighted by Crippen LogP contribution is 2.36. The highest BCUT2D eigenvalue weighted by Gasteiger charge is 2.33. The number of nitrogens with zero attached hydrogens (tertiary/aromatic N) is 1. The average Bonchev–Trinajstić information content (AvgIpc) is 2.89. The van der Waals surface area contributed by atoms with E-state index in [0.717, 1.165) is 16.8 Å². The van der Waals surface area contributed by atoms with Crippen molar-refractivity contribution in [3.8, 4) is 11.5 Å². The normalized spacial score (nSPS) is 17.4. The van der Waals surface area contributed by atoms with E-state index >= 15 is 0 Å². The van der Waals surface area contributed by atoms with Gasteiger partial charge in [-0.3, -0.25) is 10.3 Å². The van der Waals surface area contributed by atoms with Gasteiger partial charge in [-0.15, -0.1) is 0 Å². The number of nitrogens with one attached hydrogen (secondary N) is 2. The number of thiocarbonyl (C=S) groups is 1. The number of aliphatic hydroxyl groups is 1. The first-order valence-electron chi connectivity index (χ1n) is 7.08. The van der Waals surface area contributed by atoms with Crippen molar-refractivity contribution in [3.05, 3.63) is 53.1 Å². The van der Waals surface area contributed by atoms with Gasteiger partial charge >= 0.3 is 0 Å². The molecule has 1 aliphatic rings. The van der Waals surface area contributed by atoms with E-state index in [1.54, 1.807) is 6.07 Å². The molecule has 0 bridgehead atoms. The van der Waals surface area contributed by atoms with Crippen molar-refractivity contribution >= 4 is 23.0 Å². The van der Waals surface area contributed by atoms with Crippen LogP contribution in [0.4, 0.5) is 5.69 Å². The summed E-state index contributed by atoms with van der Waals surface area (Å²) in [6.07, 6.45) is -0.434. The van der Waals surface area contributed by atoms with Crippen molar-refractivity contribution in [2.24, 2.45) is 0 Å². The van der Waals surface area contributed by atoms with E-state index in [-0.39, 0.29) is 18.1 Å². The second-order valence-electron chi connectivity index (χ2n) is 5.37. The van der Waals surface area contributed by atoms with Gasteiger partial charge in [0, 0.05) is 17.3 Å². The molecule has 5 N–H and O–H groups in total. The Morgan fingerprint density at radius 1 is 1.17 bits per heavy atom. The number of aromatic hydroxyl groups is 2. The summed E-state index contributed by atoms with van der Waals surface area (Å²) in [4.78, 5) is 1.83. The van der Waals surface area contributed by atoms with Crippen LogP contribution < -0.4 is 15.8 Å². The van der Waals surface area contributed by atoms with Gasteiger partial charge in [0.05, 0.1) is 6.61 Å². The Kier molecular flexibility index (Phi) is 4.08. The van der Waals surface area contributed by atoms with Crippen LogP contribution in [0, 0.1) is 6.92 Å². The van der Waals surface area contributed by atoms with E-state index in [1.807, 2.05) is 30.0 Å². The lowest BCUT2D eigenvalue weighted by atomic mass is 10.1. The molecule has 120 valence electrons. The Hall–Kier alpha value is -2.35. The van der Waals surface area contributed by atoms with Crippen LogP contribution in [-0.4, -0.2) is 20.4 Å². The van der Waals surface area contributed by atoms with Gasteiger partial charge in [0.15, 0.2) is 5.11 Å². The summed E-state index contributed by atoms with van der Waals surface area (Å²) >= 11 is 5.37. The molecule has 1 unspecified atom stereocenters. The van der Waals surface area contributed by atoms with E-state index in [9.17, 15) is 15.3 Å². The van der Waals surface area contributed by atoms with Crippen LogP contribution >= 0.6 is 12.2 Å². The molecule has 0 amide bonds. The first kappa shape index (κ1) is 15.5. The Morgan fingerprint density at radius 3 is 2.65 bits per heavy atom. The molecule has 0 spiro atoms. The lowest BCUT2D eigenvalue weighted by molar-refractivity contribution is 0.282. The highest BCUT2D eigenvalue weighted by molar-refractivity contribution is 7.80. The summed E-state index contributed by atoms with van der Waals surface area (Å²) in [7, 11) is 0. The van der Waals surface area contributed by atoms with E-state index in [1.165, 1.54) is 12.1 Å². The van der Waals surface area contributed by atoms with Crippen molar-refractivity contribution in [3.63, 3.8) is 0 Å². The van der Waals surface area contributed by atoms with Gasteiger partial charge in [-0.1, -0.05) is 12.1 Å². The lowest BCUT2D eigenvalue weighted by Gasteiger charge is -2.27. The Labute approximate surface area is 139 Å². The molecular weight excluding hydrogens is 314 g/mol. The maximum absolute atomic E-state index is 10.1. The van der Waals surface area contributed by atoms with Gasteiger partial charge in [-0.05, 0) is 48.5 Å². The number of aryl methyl sites for hydroxylation is 1. The number of phenols is 2. The molecule has 0 aliphatic carbocycles. The molecule has 1 aliphatic heterocycles. The molecular formula is C16H17N3O3S. The topological polar surface area (TPSA) is 88.0 Å². The Bertz CT molecular complexity index is 766. The van der Waals surface area contributed by atoms with Gasteiger partial charge in [0.1, 0.15) is 17.7 Å². The van der Waals surface area contributed by atoms with Crippen molar-refractivity contribution in [1.82, 2.24) is 10.9 Å². The van der Waals surface area contributed by atoms with Gasteiger partial charge in [-0.25, -0.2) is 5.43 Å². The molecule has 2 aromatic carbocycles. The number of hydrogen-bond donors (Lipinski definition) is 5. The summed E-state index contributed by atoms with van der Waals surface area (Å²) in [5.41, 5.74) is 9.08. The lowest BCUT2D eigenvalue weighted by Crippen LogP contribution is -2.30. The number of benzene rings is 2. The molecule has 23 heavy (non-hydrogen) atoms. The summed E-state index contributed by atoms with van der Waals surface area (Å²) in [5, 5.41) is 29.4. The fourth-order valence-corrected chi connectivity index (χ4v) is 2.88. The summed E-state index contributed by atoms with van der Waals surface area (Å²) in [6, 6.07) is 10.1. The minimum atomic E-state index is -0.434. The zero-order valence-electron chi connectivity index (χ0n) is 12.4. The summed E-state index contributed by atoms with van der Waals surface area (Å²) < 4.78 is 0. The number of phenolic OH excluding ortho intramolecular Hbond substituents is 2. The molecule has 0 saturated carbocycles. The maximum atomic E-state index is 10.1. The Balaban J connectivity index is 2.07. The number of aliphatic hydroxyl groups excluding tert-OH is 1. The zero-order chi connectivity index (χ0) is 16.6. The standard InChI is InChI=1S/C16H17N3O3S/c1-9-2-3-10(8-20)6-13(9)19-15(17-18-16(19)23)12-5-4-11(21)7-14(12)22/h2-7,15,17,20-22H,8H2,1H3,(H,18,23). The van der Waals surface area contributed by atoms with Gasteiger partial charge < -0.3 is 15.3 Å². The third kappa shape index (κ3) is 2.81. The van der Waals surface area contributed by atoms with Crippen LogP contribution in [0.25, 0.3) is 0 Å². The zero-order valence-corrected chi connectivity index (χ0v) is 13.3. The van der Waals surface area contributed by atoms with Crippen LogP contribution in [0.2, 0.25) is 0 Å². The quantitative estimate of drug-likeness (QED) is 0.548. The van der Waals surface area contributed by atoms with Gasteiger partial charge in [-0.2, -0.15) is 0 Å². The van der Waals surface area contributed by atoms with Crippen LogP contribution in [0.3, 0.4) is 0 Å². The van der Waals surface area contributed by atoms with Crippen molar-refractivity contribution < 1.29 is 15.3 Å². The second kappa shape index (κ2) is 6.04. The third-order valence-corrected chi connectivity index (χ3v) is 4.12. The molecule has 1 heterocycles. The molecule has 0 aromatic heterocycles. The first-order chi connectivity index (χ1) is 11.0. The minimum absolute atomic E-state index is 0.00945.